The van der Waals surface area contributed by atoms with Crippen molar-refractivity contribution in [3.05, 3.63) is 65.0 Å². The van der Waals surface area contributed by atoms with E-state index in [0.29, 0.717) is 17.6 Å². The van der Waals surface area contributed by atoms with Crippen LogP contribution >= 0.6 is 0 Å². The van der Waals surface area contributed by atoms with Gasteiger partial charge in [-0.25, -0.2) is 0 Å². The van der Waals surface area contributed by atoms with Gasteiger partial charge in [0, 0.05) is 5.92 Å². The molecule has 4 rings (SSSR count). The topological polar surface area (TPSA) is 49.7 Å². The van der Waals surface area contributed by atoms with Crippen molar-refractivity contribution >= 4 is 0 Å². The zero-order valence-electron chi connectivity index (χ0n) is 13.3. The highest BCUT2D eigenvalue weighted by Gasteiger charge is 2.42. The van der Waals surface area contributed by atoms with E-state index in [1.807, 2.05) is 24.3 Å². The van der Waals surface area contributed by atoms with Crippen LogP contribution < -0.4 is 0 Å². The quantitative estimate of drug-likeness (QED) is 0.841. The Kier molecular flexibility index (Phi) is 3.53. The molecule has 1 aliphatic heterocycles. The first-order valence-corrected chi connectivity index (χ1v) is 8.42. The highest BCUT2D eigenvalue weighted by atomic mass is 16.5. The number of phenolic OH excluding ortho intramolecular Hbond substituents is 1. The third-order valence-electron chi connectivity index (χ3n) is 5.42. The van der Waals surface area contributed by atoms with Crippen molar-refractivity contribution in [3.8, 4) is 5.75 Å². The molecule has 3 aliphatic rings. The molecule has 23 heavy (non-hydrogen) atoms. The Morgan fingerprint density at radius 3 is 2.70 bits per heavy atom. The van der Waals surface area contributed by atoms with Crippen molar-refractivity contribution in [1.29, 1.82) is 0 Å². The van der Waals surface area contributed by atoms with E-state index in [4.69, 9.17) is 4.74 Å². The summed E-state index contributed by atoms with van der Waals surface area (Å²) in [6.45, 7) is 2.25. The first-order valence-electron chi connectivity index (χ1n) is 8.42. The van der Waals surface area contributed by atoms with E-state index in [1.165, 1.54) is 12.0 Å². The van der Waals surface area contributed by atoms with Crippen LogP contribution in [0.15, 0.2) is 59.4 Å². The Morgan fingerprint density at radius 2 is 1.96 bits per heavy atom. The second kappa shape index (κ2) is 5.57. The highest BCUT2D eigenvalue weighted by molar-refractivity contribution is 5.45. The number of hydrogen-bond acceptors (Lipinski definition) is 3. The zero-order valence-corrected chi connectivity index (χ0v) is 13.3. The molecular formula is C20H22O3. The molecule has 1 heterocycles. The van der Waals surface area contributed by atoms with Crippen molar-refractivity contribution in [2.75, 3.05) is 0 Å². The van der Waals surface area contributed by atoms with E-state index < -0.39 is 0 Å². The maximum atomic E-state index is 9.86. The molecule has 1 aromatic rings. The van der Waals surface area contributed by atoms with E-state index in [-0.39, 0.29) is 18.0 Å². The van der Waals surface area contributed by atoms with Crippen LogP contribution in [-0.4, -0.2) is 16.3 Å². The number of aliphatic hydroxyl groups excluding tert-OH is 1. The van der Waals surface area contributed by atoms with Crippen LogP contribution in [0.3, 0.4) is 0 Å². The lowest BCUT2D eigenvalue weighted by molar-refractivity contribution is -0.0117. The van der Waals surface area contributed by atoms with Gasteiger partial charge in [-0.2, -0.15) is 0 Å². The molecule has 3 nitrogen and oxygen atoms in total. The Balaban J connectivity index is 1.76. The lowest BCUT2D eigenvalue weighted by Gasteiger charge is -2.37. The van der Waals surface area contributed by atoms with Gasteiger partial charge in [0.15, 0.2) is 0 Å². The van der Waals surface area contributed by atoms with Crippen LogP contribution in [0.2, 0.25) is 0 Å². The summed E-state index contributed by atoms with van der Waals surface area (Å²) in [4.78, 5) is 0. The predicted molar refractivity (Wildman–Crippen MR) is 89.1 cm³/mol. The number of phenols is 1. The van der Waals surface area contributed by atoms with Crippen molar-refractivity contribution < 1.29 is 14.9 Å². The Morgan fingerprint density at radius 1 is 1.17 bits per heavy atom. The number of aliphatic hydroxyl groups is 1. The molecule has 120 valence electrons. The summed E-state index contributed by atoms with van der Waals surface area (Å²) in [5.74, 6) is 1.65. The molecule has 0 aromatic heterocycles. The molecule has 0 bridgehead atoms. The summed E-state index contributed by atoms with van der Waals surface area (Å²) in [7, 11) is 0. The Labute approximate surface area is 136 Å². The fraction of sp³-hybridized carbons (Fsp3) is 0.400. The van der Waals surface area contributed by atoms with Crippen molar-refractivity contribution in [1.82, 2.24) is 0 Å². The number of ether oxygens (including phenoxy) is 1. The summed E-state index contributed by atoms with van der Waals surface area (Å²) < 4.78 is 6.39. The molecule has 1 fully saturated rings. The molecule has 0 saturated heterocycles. The normalized spacial score (nSPS) is 32.5. The minimum absolute atomic E-state index is 0.0224. The van der Waals surface area contributed by atoms with Gasteiger partial charge in [-0.15, -0.1) is 0 Å². The molecule has 0 spiro atoms. The molecular weight excluding hydrogens is 288 g/mol. The third-order valence-corrected chi connectivity index (χ3v) is 5.42. The lowest BCUT2D eigenvalue weighted by atomic mass is 9.82. The van der Waals surface area contributed by atoms with Crippen LogP contribution in [0, 0.1) is 11.8 Å². The van der Waals surface area contributed by atoms with E-state index in [1.54, 1.807) is 18.2 Å². The number of hydrogen-bond donors (Lipinski definition) is 2. The summed E-state index contributed by atoms with van der Waals surface area (Å²) in [5.41, 5.74) is 3.72. The van der Waals surface area contributed by atoms with E-state index in [0.717, 1.165) is 24.0 Å². The first-order chi connectivity index (χ1) is 11.2. The second-order valence-electron chi connectivity index (χ2n) is 6.80. The van der Waals surface area contributed by atoms with Crippen molar-refractivity contribution in [2.24, 2.45) is 11.8 Å². The predicted octanol–water partition coefficient (Wildman–Crippen LogP) is 4.58. The van der Waals surface area contributed by atoms with Crippen LogP contribution in [0.5, 0.6) is 5.75 Å². The standard InChI is InChI=1S/C20H22O3/c1-2-12-9-16-17-11-15(22)7-8-19(17)23-20(18(16)10-12)13-3-5-14(21)6-4-13/h3-8,11-12,18-22H,2,9-10H2,1H3. The smallest absolute Gasteiger partial charge is 0.115 e. The van der Waals surface area contributed by atoms with Gasteiger partial charge in [0.05, 0.1) is 6.10 Å². The van der Waals surface area contributed by atoms with Gasteiger partial charge in [0.25, 0.3) is 0 Å². The molecule has 0 amide bonds. The number of benzene rings is 1. The van der Waals surface area contributed by atoms with E-state index >= 15 is 0 Å². The summed E-state index contributed by atoms with van der Waals surface area (Å²) >= 11 is 0. The van der Waals surface area contributed by atoms with Crippen molar-refractivity contribution in [2.45, 2.75) is 38.4 Å². The fourth-order valence-corrected chi connectivity index (χ4v) is 4.20. The number of fused-ring (bicyclic) bond motifs is 2. The van der Waals surface area contributed by atoms with Crippen LogP contribution in [0.25, 0.3) is 0 Å². The molecule has 4 unspecified atom stereocenters. The van der Waals surface area contributed by atoms with Gasteiger partial charge >= 0.3 is 0 Å². The number of rotatable bonds is 2. The summed E-state index contributed by atoms with van der Waals surface area (Å²) in [6, 6.07) is 7.38. The molecule has 1 saturated carbocycles. The van der Waals surface area contributed by atoms with Crippen LogP contribution in [0.1, 0.15) is 37.9 Å². The average molecular weight is 310 g/mol. The molecule has 1 aromatic carbocycles. The number of allylic oxidation sites excluding steroid dienone is 1. The minimum atomic E-state index is -0.0773. The van der Waals surface area contributed by atoms with Crippen LogP contribution in [-0.2, 0) is 4.74 Å². The average Bonchev–Trinajstić information content (AvgIpc) is 3.00. The maximum absolute atomic E-state index is 9.86. The largest absolute Gasteiger partial charge is 0.508 e. The highest BCUT2D eigenvalue weighted by Crippen LogP contribution is 2.52. The molecule has 2 N–H and O–H groups in total. The van der Waals surface area contributed by atoms with Gasteiger partial charge in [-0.1, -0.05) is 31.1 Å². The molecule has 3 heteroatoms. The summed E-state index contributed by atoms with van der Waals surface area (Å²) in [6.07, 6.45) is 8.88. The first kappa shape index (κ1) is 14.6. The fourth-order valence-electron chi connectivity index (χ4n) is 4.20. The van der Waals surface area contributed by atoms with Crippen LogP contribution in [0.4, 0.5) is 0 Å². The van der Waals surface area contributed by atoms with E-state index in [2.05, 4.69) is 6.92 Å². The summed E-state index contributed by atoms with van der Waals surface area (Å²) in [5, 5.41) is 19.4. The second-order valence-corrected chi connectivity index (χ2v) is 6.80. The molecule has 0 radical (unpaired) electrons. The van der Waals surface area contributed by atoms with E-state index in [9.17, 15) is 10.2 Å². The van der Waals surface area contributed by atoms with Gasteiger partial charge in [0.1, 0.15) is 17.6 Å². The van der Waals surface area contributed by atoms with Gasteiger partial charge in [-0.05, 0) is 60.3 Å². The maximum Gasteiger partial charge on any atom is 0.115 e. The SMILES string of the molecule is CCC1CC2=C3C=C(O)C=CC3OC(c3ccc(O)cc3)C2C1. The Hall–Kier alpha value is -2.00. The van der Waals surface area contributed by atoms with Gasteiger partial charge < -0.3 is 14.9 Å². The lowest BCUT2D eigenvalue weighted by Crippen LogP contribution is -2.30. The number of aromatic hydroxyl groups is 1. The molecule has 2 aliphatic carbocycles. The zero-order chi connectivity index (χ0) is 16.0. The van der Waals surface area contributed by atoms with Gasteiger partial charge in [0.2, 0.25) is 0 Å². The Bertz CT molecular complexity index is 696. The molecule has 4 atom stereocenters. The van der Waals surface area contributed by atoms with Crippen molar-refractivity contribution in [3.63, 3.8) is 0 Å². The van der Waals surface area contributed by atoms with Gasteiger partial charge in [-0.3, -0.25) is 0 Å². The third kappa shape index (κ3) is 2.49. The monoisotopic (exact) mass is 310 g/mol. The minimum Gasteiger partial charge on any atom is -0.508 e.